The zero-order valence-corrected chi connectivity index (χ0v) is 32.1. The van der Waals surface area contributed by atoms with Gasteiger partial charge in [0.05, 0.1) is 0 Å². The molecule has 0 spiro atoms. The van der Waals surface area contributed by atoms with Crippen molar-refractivity contribution in [2.45, 2.75) is 12.8 Å². The average Bonchev–Trinajstić information content (AvgIpc) is 3.78. The van der Waals surface area contributed by atoms with Crippen LogP contribution in [0.15, 0.2) is 152 Å². The van der Waals surface area contributed by atoms with E-state index in [2.05, 4.69) is 152 Å². The highest BCUT2D eigenvalue weighted by atomic mass is 28.4. The number of rotatable bonds is 6. The van der Waals surface area contributed by atoms with Crippen LogP contribution in [0.1, 0.15) is 22.3 Å². The van der Waals surface area contributed by atoms with Crippen LogP contribution in [0.5, 0.6) is 0 Å². The van der Waals surface area contributed by atoms with Gasteiger partial charge in [0.1, 0.15) is 0 Å². The van der Waals surface area contributed by atoms with Crippen LogP contribution in [0.3, 0.4) is 0 Å². The van der Waals surface area contributed by atoms with Gasteiger partial charge in [0.2, 0.25) is 0 Å². The first-order valence-corrected chi connectivity index (χ1v) is 20.7. The quantitative estimate of drug-likeness (QED) is 0.126. The van der Waals surface area contributed by atoms with E-state index < -0.39 is 8.80 Å². The zero-order chi connectivity index (χ0) is 36.8. The van der Waals surface area contributed by atoms with E-state index in [4.69, 9.17) is 13.3 Å². The first kappa shape index (κ1) is 32.5. The van der Waals surface area contributed by atoms with Crippen LogP contribution in [0.2, 0.25) is 0 Å². The Kier molecular flexibility index (Phi) is 7.29. The summed E-state index contributed by atoms with van der Waals surface area (Å²) in [5, 5.41) is 11.2. The molecule has 0 fully saturated rings. The first-order chi connectivity index (χ1) is 27.0. The van der Waals surface area contributed by atoms with Gasteiger partial charge < -0.3 is 13.3 Å². The average molecular weight is 727 g/mol. The van der Waals surface area contributed by atoms with E-state index in [1.807, 2.05) is 0 Å². The highest BCUT2D eigenvalue weighted by Crippen LogP contribution is 2.43. The molecule has 2 aliphatic carbocycles. The fourth-order valence-electron chi connectivity index (χ4n) is 9.38. The predicted molar refractivity (Wildman–Crippen MR) is 230 cm³/mol. The minimum Gasteiger partial charge on any atom is -0.373 e. The van der Waals surface area contributed by atoms with Gasteiger partial charge >= 0.3 is 8.80 Å². The fourth-order valence-corrected chi connectivity index (χ4v) is 11.2. The van der Waals surface area contributed by atoms with E-state index in [0.29, 0.717) is 0 Å². The molecule has 9 aromatic rings. The lowest BCUT2D eigenvalue weighted by atomic mass is 9.94. The van der Waals surface area contributed by atoms with Gasteiger partial charge in [-0.25, -0.2) is 0 Å². The highest BCUT2D eigenvalue weighted by Gasteiger charge is 2.41. The third-order valence-electron chi connectivity index (χ3n) is 12.2. The van der Waals surface area contributed by atoms with Crippen molar-refractivity contribution < 1.29 is 13.3 Å². The summed E-state index contributed by atoms with van der Waals surface area (Å²) in [6.45, 7) is 0. The minimum absolute atomic E-state index is 0.881. The molecule has 55 heavy (non-hydrogen) atoms. The lowest BCUT2D eigenvalue weighted by Crippen LogP contribution is -2.54. The fraction of sp³-hybridized carbons (Fsp3) is 0.0980. The van der Waals surface area contributed by atoms with Crippen molar-refractivity contribution in [2.24, 2.45) is 0 Å². The molecule has 0 aliphatic heterocycles. The molecular formula is C51H38O3Si. The van der Waals surface area contributed by atoms with Crippen molar-refractivity contribution >= 4 is 57.1 Å². The molecule has 0 atom stereocenters. The lowest BCUT2D eigenvalue weighted by Gasteiger charge is -2.25. The van der Waals surface area contributed by atoms with E-state index in [0.717, 1.165) is 18.0 Å². The maximum atomic E-state index is 5.77. The molecule has 0 amide bonds. The van der Waals surface area contributed by atoms with Crippen LogP contribution in [-0.4, -0.2) is 30.1 Å². The topological polar surface area (TPSA) is 27.7 Å². The number of hydrogen-bond acceptors (Lipinski definition) is 3. The van der Waals surface area contributed by atoms with Crippen LogP contribution in [0, 0.1) is 0 Å². The number of fused-ring (bicyclic) bond motifs is 10. The molecule has 2 aliphatic rings. The Morgan fingerprint density at radius 3 is 1.13 bits per heavy atom. The predicted octanol–water partition coefficient (Wildman–Crippen LogP) is 11.9. The summed E-state index contributed by atoms with van der Waals surface area (Å²) in [6.07, 6.45) is 1.82. The molecule has 0 saturated carbocycles. The van der Waals surface area contributed by atoms with Gasteiger partial charge in [-0.15, -0.1) is 0 Å². The molecular weight excluding hydrogens is 689 g/mol. The minimum atomic E-state index is -2.90. The van der Waals surface area contributed by atoms with E-state index in [1.54, 1.807) is 21.3 Å². The first-order valence-electron chi connectivity index (χ1n) is 19.0. The third-order valence-corrected chi connectivity index (χ3v) is 14.8. The smallest absolute Gasteiger partial charge is 0.373 e. The van der Waals surface area contributed by atoms with Gasteiger partial charge in [-0.3, -0.25) is 0 Å². The summed E-state index contributed by atoms with van der Waals surface area (Å²) < 4.78 is 17.3. The molecule has 11 rings (SSSR count). The maximum absolute atomic E-state index is 5.77. The molecule has 0 heterocycles. The van der Waals surface area contributed by atoms with Gasteiger partial charge in [0.25, 0.3) is 0 Å². The Bertz CT molecular complexity index is 3060. The summed E-state index contributed by atoms with van der Waals surface area (Å²) in [4.78, 5) is 0. The standard InChI is InChI=1S/C51H38O3Si/c1-52-55(53-2,54-3)47-13-17-51-46(30-47)29-45-24-36(12-16-50(45)51)35-11-15-49-44(23-35)28-43-22-34(10-14-48(43)49)33-8-9-37-21-41-26-39-18-31-6-4-5-7-32(31)19-40(39)27-42(41)25-38(37)20-33/h4-27,30H,28-29H2,1-3H3. The second-order valence-electron chi connectivity index (χ2n) is 15.2. The Hall–Kier alpha value is -5.88. The van der Waals surface area contributed by atoms with Crippen LogP contribution in [-0.2, 0) is 26.1 Å². The molecule has 3 nitrogen and oxygen atoms in total. The molecule has 4 heteroatoms. The highest BCUT2D eigenvalue weighted by molar-refractivity contribution is 6.75. The second-order valence-corrected chi connectivity index (χ2v) is 18.1. The lowest BCUT2D eigenvalue weighted by molar-refractivity contribution is 0.140. The van der Waals surface area contributed by atoms with E-state index in [9.17, 15) is 0 Å². The Morgan fingerprint density at radius 1 is 0.327 bits per heavy atom. The van der Waals surface area contributed by atoms with Crippen molar-refractivity contribution in [2.75, 3.05) is 21.3 Å². The Labute approximate surface area is 321 Å². The molecule has 0 aromatic heterocycles. The monoisotopic (exact) mass is 726 g/mol. The summed E-state index contributed by atoms with van der Waals surface area (Å²) in [5.74, 6) is 0. The molecule has 0 N–H and O–H groups in total. The normalized spacial score (nSPS) is 13.1. The van der Waals surface area contributed by atoms with E-state index in [1.165, 1.54) is 110 Å². The van der Waals surface area contributed by atoms with E-state index in [-0.39, 0.29) is 0 Å². The van der Waals surface area contributed by atoms with Crippen molar-refractivity contribution in [1.29, 1.82) is 0 Å². The van der Waals surface area contributed by atoms with Gasteiger partial charge in [-0.05, 0) is 165 Å². The van der Waals surface area contributed by atoms with Gasteiger partial charge in [0, 0.05) is 26.5 Å². The number of benzene rings is 9. The van der Waals surface area contributed by atoms with Gasteiger partial charge in [-0.2, -0.15) is 0 Å². The van der Waals surface area contributed by atoms with Crippen LogP contribution in [0.4, 0.5) is 0 Å². The molecule has 9 aromatic carbocycles. The SMILES string of the molecule is CO[Si](OC)(OC)c1ccc2c(c1)Cc1cc(-c3ccc4c(c3)Cc3cc(-c5ccc6cc7cc8cc9ccccc9cc8cc7cc6c5)ccc3-4)ccc1-2. The summed E-state index contributed by atoms with van der Waals surface area (Å²) >= 11 is 0. The van der Waals surface area contributed by atoms with Crippen molar-refractivity contribution in [3.8, 4) is 44.5 Å². The summed E-state index contributed by atoms with van der Waals surface area (Å²) in [7, 11) is 2.09. The summed E-state index contributed by atoms with van der Waals surface area (Å²) in [6, 6.07) is 57.0. The van der Waals surface area contributed by atoms with Crippen LogP contribution >= 0.6 is 0 Å². The number of hydrogen-bond donors (Lipinski definition) is 0. The van der Waals surface area contributed by atoms with Crippen LogP contribution in [0.25, 0.3) is 87.6 Å². The van der Waals surface area contributed by atoms with Crippen molar-refractivity contribution in [3.05, 3.63) is 174 Å². The van der Waals surface area contributed by atoms with Gasteiger partial charge in [-0.1, -0.05) is 109 Å². The zero-order valence-electron chi connectivity index (χ0n) is 31.1. The van der Waals surface area contributed by atoms with Crippen molar-refractivity contribution in [1.82, 2.24) is 0 Å². The van der Waals surface area contributed by atoms with Crippen molar-refractivity contribution in [3.63, 3.8) is 0 Å². The summed E-state index contributed by atoms with van der Waals surface area (Å²) in [5.41, 5.74) is 15.7. The Balaban J connectivity index is 0.873. The largest absolute Gasteiger partial charge is 0.536 e. The molecule has 0 radical (unpaired) electrons. The van der Waals surface area contributed by atoms with E-state index >= 15 is 0 Å². The molecule has 0 unspecified atom stereocenters. The Morgan fingerprint density at radius 2 is 0.673 bits per heavy atom. The second kappa shape index (κ2) is 12.3. The molecule has 264 valence electrons. The van der Waals surface area contributed by atoms with Crippen LogP contribution < -0.4 is 5.19 Å². The molecule has 0 bridgehead atoms. The third kappa shape index (κ3) is 5.14. The molecule has 0 saturated heterocycles. The van der Waals surface area contributed by atoms with Gasteiger partial charge in [0.15, 0.2) is 0 Å². The maximum Gasteiger partial charge on any atom is 0.536 e.